The van der Waals surface area contributed by atoms with Crippen LogP contribution in [0.25, 0.3) is 0 Å². The van der Waals surface area contributed by atoms with Crippen molar-refractivity contribution in [1.82, 2.24) is 5.32 Å². The first-order valence-electron chi connectivity index (χ1n) is 34.7. The van der Waals surface area contributed by atoms with Gasteiger partial charge in [0.05, 0.1) is 25.4 Å². The third-order valence-electron chi connectivity index (χ3n) is 16.2. The molecule has 0 bridgehead atoms. The number of amides is 1. The Labute approximate surface area is 481 Å². The number of ether oxygens (including phenoxy) is 1. The minimum atomic E-state index is -0.672. The molecule has 6 heteroatoms. The summed E-state index contributed by atoms with van der Waals surface area (Å²) in [5.41, 5.74) is 0. The van der Waals surface area contributed by atoms with Crippen LogP contribution in [-0.2, 0) is 14.3 Å². The first kappa shape index (κ1) is 75.1. The standard InChI is InChI=1S/C71H135NO5/c1-3-5-7-9-11-13-15-17-19-21-23-24-25-28-31-35-39-43-47-51-55-59-63-69(74)68(67-73)72-70(75)64-60-56-52-48-44-40-36-32-29-26-30-34-38-42-46-50-54-58-62-66-77-71(76)65-61-57-53-49-45-41-37-33-27-22-20-18-16-14-12-10-8-6-4-2/h12,14,18,20,26,29,68-69,73-74H,3-11,13,15-17,19,21-25,27-28,30-67H2,1-2H3,(H,72,75)/b14-12-,20-18-,29-26-. The van der Waals surface area contributed by atoms with Crippen molar-refractivity contribution in [3.8, 4) is 0 Å². The van der Waals surface area contributed by atoms with Crippen LogP contribution in [-0.4, -0.2) is 47.4 Å². The summed E-state index contributed by atoms with van der Waals surface area (Å²) < 4.78 is 5.50. The zero-order valence-corrected chi connectivity index (χ0v) is 52.0. The van der Waals surface area contributed by atoms with E-state index in [2.05, 4.69) is 55.6 Å². The maximum atomic E-state index is 12.5. The second-order valence-electron chi connectivity index (χ2n) is 23.9. The molecule has 0 rings (SSSR count). The molecule has 0 aliphatic carbocycles. The third kappa shape index (κ3) is 63.1. The highest BCUT2D eigenvalue weighted by Gasteiger charge is 2.20. The number of esters is 1. The molecule has 1 amide bonds. The molecule has 0 radical (unpaired) electrons. The molecule has 0 aromatic carbocycles. The summed E-state index contributed by atoms with van der Waals surface area (Å²) in [5, 5.41) is 23.4. The normalized spacial score (nSPS) is 12.7. The summed E-state index contributed by atoms with van der Waals surface area (Å²) in [6, 6.07) is -0.551. The highest BCUT2D eigenvalue weighted by molar-refractivity contribution is 5.76. The minimum absolute atomic E-state index is 0.000968. The summed E-state index contributed by atoms with van der Waals surface area (Å²) in [4.78, 5) is 24.7. The monoisotopic (exact) mass is 1080 g/mol. The first-order chi connectivity index (χ1) is 38.0. The highest BCUT2D eigenvalue weighted by atomic mass is 16.5. The fourth-order valence-corrected chi connectivity index (χ4v) is 10.8. The minimum Gasteiger partial charge on any atom is -0.466 e. The molecule has 0 aromatic rings. The number of unbranched alkanes of at least 4 members (excludes halogenated alkanes) is 48. The van der Waals surface area contributed by atoms with Crippen molar-refractivity contribution < 1.29 is 24.5 Å². The van der Waals surface area contributed by atoms with Crippen LogP contribution < -0.4 is 5.32 Å². The van der Waals surface area contributed by atoms with E-state index in [1.165, 1.54) is 295 Å². The lowest BCUT2D eigenvalue weighted by Crippen LogP contribution is -2.45. The topological polar surface area (TPSA) is 95.9 Å². The number of nitrogens with one attached hydrogen (secondary N) is 1. The van der Waals surface area contributed by atoms with Gasteiger partial charge in [-0.2, -0.15) is 0 Å². The van der Waals surface area contributed by atoms with E-state index in [4.69, 9.17) is 4.74 Å². The fraction of sp³-hybridized carbons (Fsp3) is 0.887. The predicted octanol–water partition coefficient (Wildman–Crippen LogP) is 22.3. The van der Waals surface area contributed by atoms with E-state index in [1.807, 2.05) is 0 Å². The zero-order valence-electron chi connectivity index (χ0n) is 52.0. The van der Waals surface area contributed by atoms with Crippen molar-refractivity contribution in [2.24, 2.45) is 0 Å². The number of carbonyl (C=O) groups excluding carboxylic acids is 2. The number of hydrogen-bond donors (Lipinski definition) is 3. The summed E-state index contributed by atoms with van der Waals surface area (Å²) in [6.45, 7) is 4.95. The van der Waals surface area contributed by atoms with E-state index < -0.39 is 12.1 Å². The van der Waals surface area contributed by atoms with Gasteiger partial charge in [0.2, 0.25) is 5.91 Å². The number of carbonyl (C=O) groups is 2. The van der Waals surface area contributed by atoms with Gasteiger partial charge in [-0.1, -0.05) is 320 Å². The van der Waals surface area contributed by atoms with Crippen LogP contribution in [0, 0.1) is 0 Å². The van der Waals surface area contributed by atoms with Gasteiger partial charge in [0.15, 0.2) is 0 Å². The van der Waals surface area contributed by atoms with E-state index in [9.17, 15) is 19.8 Å². The second kappa shape index (κ2) is 66.6. The molecule has 0 aromatic heterocycles. The molecular weight excluding hydrogens is 947 g/mol. The maximum absolute atomic E-state index is 12.5. The van der Waals surface area contributed by atoms with Gasteiger partial charge in [-0.25, -0.2) is 0 Å². The maximum Gasteiger partial charge on any atom is 0.305 e. The Morgan fingerprint density at radius 3 is 1.03 bits per heavy atom. The summed E-state index contributed by atoms with van der Waals surface area (Å²) in [7, 11) is 0. The lowest BCUT2D eigenvalue weighted by Gasteiger charge is -2.22. The highest BCUT2D eigenvalue weighted by Crippen LogP contribution is 2.18. The van der Waals surface area contributed by atoms with Gasteiger partial charge in [-0.05, 0) is 83.5 Å². The molecule has 0 saturated carbocycles. The van der Waals surface area contributed by atoms with Gasteiger partial charge in [0.25, 0.3) is 0 Å². The van der Waals surface area contributed by atoms with Crippen molar-refractivity contribution >= 4 is 11.9 Å². The molecule has 0 spiro atoms. The third-order valence-corrected chi connectivity index (χ3v) is 16.2. The molecule has 3 N–H and O–H groups in total. The number of hydrogen-bond acceptors (Lipinski definition) is 5. The quantitative estimate of drug-likeness (QED) is 0.0320. The SMILES string of the molecule is CCCCC/C=C\C/C=C\CCCCCCCCCCCC(=O)OCCCCCCCCCC/C=C\CCCCCCCCCC(=O)NC(CO)C(O)CCCCCCCCCCCCCCCCCCCCCCCC. The number of aliphatic hydroxyl groups excluding tert-OH is 2. The number of allylic oxidation sites excluding steroid dienone is 6. The summed E-state index contributed by atoms with van der Waals surface area (Å²) in [6.07, 6.45) is 84.6. The Balaban J connectivity index is 3.43. The molecule has 2 atom stereocenters. The van der Waals surface area contributed by atoms with Gasteiger partial charge in [0.1, 0.15) is 0 Å². The van der Waals surface area contributed by atoms with Crippen molar-refractivity contribution in [3.63, 3.8) is 0 Å². The van der Waals surface area contributed by atoms with Gasteiger partial charge in [-0.15, -0.1) is 0 Å². The molecule has 77 heavy (non-hydrogen) atoms. The molecule has 0 aliphatic rings. The predicted molar refractivity (Wildman–Crippen MR) is 338 cm³/mol. The molecular formula is C71H135NO5. The zero-order chi connectivity index (χ0) is 55.7. The molecule has 2 unspecified atom stereocenters. The van der Waals surface area contributed by atoms with E-state index in [0.29, 0.717) is 25.9 Å². The van der Waals surface area contributed by atoms with Crippen LogP contribution in [0.15, 0.2) is 36.5 Å². The van der Waals surface area contributed by atoms with E-state index in [1.54, 1.807) is 0 Å². The van der Waals surface area contributed by atoms with E-state index in [-0.39, 0.29) is 18.5 Å². The van der Waals surface area contributed by atoms with Crippen LogP contribution in [0.5, 0.6) is 0 Å². The number of rotatable bonds is 65. The smallest absolute Gasteiger partial charge is 0.305 e. The average molecular weight is 1080 g/mol. The molecule has 0 heterocycles. The first-order valence-corrected chi connectivity index (χ1v) is 34.7. The second-order valence-corrected chi connectivity index (χ2v) is 23.9. The van der Waals surface area contributed by atoms with Crippen LogP contribution >= 0.6 is 0 Å². The van der Waals surface area contributed by atoms with Crippen molar-refractivity contribution in [2.45, 2.75) is 392 Å². The van der Waals surface area contributed by atoms with Gasteiger partial charge in [-0.3, -0.25) is 9.59 Å². The lowest BCUT2D eigenvalue weighted by atomic mass is 10.0. The molecule has 6 nitrogen and oxygen atoms in total. The number of aliphatic hydroxyl groups is 2. The van der Waals surface area contributed by atoms with Crippen molar-refractivity contribution in [1.29, 1.82) is 0 Å². The van der Waals surface area contributed by atoms with Gasteiger partial charge < -0.3 is 20.3 Å². The molecule has 0 aliphatic heterocycles. The van der Waals surface area contributed by atoms with Gasteiger partial charge in [0, 0.05) is 12.8 Å². The van der Waals surface area contributed by atoms with Crippen molar-refractivity contribution in [3.05, 3.63) is 36.5 Å². The van der Waals surface area contributed by atoms with Crippen LogP contribution in [0.3, 0.4) is 0 Å². The average Bonchev–Trinajstić information content (AvgIpc) is 3.43. The van der Waals surface area contributed by atoms with Crippen LogP contribution in [0.1, 0.15) is 380 Å². The molecule has 0 fully saturated rings. The largest absolute Gasteiger partial charge is 0.466 e. The van der Waals surface area contributed by atoms with E-state index in [0.717, 1.165) is 51.4 Å². The van der Waals surface area contributed by atoms with Gasteiger partial charge >= 0.3 is 5.97 Å². The Bertz CT molecular complexity index is 1250. The van der Waals surface area contributed by atoms with Crippen LogP contribution in [0.4, 0.5) is 0 Å². The Kier molecular flexibility index (Phi) is 64.9. The summed E-state index contributed by atoms with van der Waals surface area (Å²) in [5.74, 6) is -0.0400. The Morgan fingerprint density at radius 1 is 0.364 bits per heavy atom. The van der Waals surface area contributed by atoms with E-state index >= 15 is 0 Å². The molecule has 454 valence electrons. The Morgan fingerprint density at radius 2 is 0.649 bits per heavy atom. The molecule has 0 saturated heterocycles. The lowest BCUT2D eigenvalue weighted by molar-refractivity contribution is -0.143. The fourth-order valence-electron chi connectivity index (χ4n) is 10.8. The Hall–Kier alpha value is -1.92. The van der Waals surface area contributed by atoms with Crippen molar-refractivity contribution in [2.75, 3.05) is 13.2 Å². The summed E-state index contributed by atoms with van der Waals surface area (Å²) >= 11 is 0. The van der Waals surface area contributed by atoms with Crippen LogP contribution in [0.2, 0.25) is 0 Å².